The van der Waals surface area contributed by atoms with Gasteiger partial charge in [-0.2, -0.15) is 0 Å². The Labute approximate surface area is 206 Å². The van der Waals surface area contributed by atoms with Crippen LogP contribution in [0.15, 0.2) is 36.4 Å². The van der Waals surface area contributed by atoms with Crippen molar-refractivity contribution >= 4 is 11.8 Å². The molecule has 9 heteroatoms. The van der Waals surface area contributed by atoms with E-state index in [0.29, 0.717) is 62.0 Å². The summed E-state index contributed by atoms with van der Waals surface area (Å²) in [4.78, 5) is 31.5. The van der Waals surface area contributed by atoms with Crippen molar-refractivity contribution in [3.8, 4) is 17.2 Å². The van der Waals surface area contributed by atoms with Crippen molar-refractivity contribution in [3.05, 3.63) is 53.3 Å². The van der Waals surface area contributed by atoms with E-state index in [-0.39, 0.29) is 17.6 Å². The van der Waals surface area contributed by atoms with Crippen LogP contribution in [0.4, 0.5) is 4.39 Å². The zero-order chi connectivity index (χ0) is 25.4. The van der Waals surface area contributed by atoms with Gasteiger partial charge in [-0.3, -0.25) is 14.5 Å². The summed E-state index contributed by atoms with van der Waals surface area (Å²) in [5, 5.41) is 0. The van der Waals surface area contributed by atoms with Crippen molar-refractivity contribution in [1.29, 1.82) is 0 Å². The van der Waals surface area contributed by atoms with Gasteiger partial charge < -0.3 is 24.0 Å². The highest BCUT2D eigenvalue weighted by Gasteiger charge is 2.24. The molecule has 35 heavy (non-hydrogen) atoms. The van der Waals surface area contributed by atoms with E-state index in [1.165, 1.54) is 33.5 Å². The molecule has 1 aliphatic rings. The summed E-state index contributed by atoms with van der Waals surface area (Å²) in [6.07, 6.45) is 0.509. The second-order valence-corrected chi connectivity index (χ2v) is 8.34. The number of benzene rings is 2. The van der Waals surface area contributed by atoms with Crippen molar-refractivity contribution in [1.82, 2.24) is 14.7 Å². The van der Waals surface area contributed by atoms with Crippen LogP contribution in [0.1, 0.15) is 29.3 Å². The molecule has 0 radical (unpaired) electrons. The van der Waals surface area contributed by atoms with Crippen LogP contribution in [-0.4, -0.2) is 87.1 Å². The predicted molar refractivity (Wildman–Crippen MR) is 131 cm³/mol. The van der Waals surface area contributed by atoms with Gasteiger partial charge in [0.1, 0.15) is 5.82 Å². The van der Waals surface area contributed by atoms with Crippen LogP contribution in [0.25, 0.3) is 0 Å². The first-order chi connectivity index (χ1) is 16.9. The highest BCUT2D eigenvalue weighted by molar-refractivity contribution is 5.95. The third kappa shape index (κ3) is 6.63. The minimum atomic E-state index is -0.323. The number of rotatable bonds is 10. The maximum Gasteiger partial charge on any atom is 0.254 e. The van der Waals surface area contributed by atoms with Crippen molar-refractivity contribution in [3.63, 3.8) is 0 Å². The van der Waals surface area contributed by atoms with Gasteiger partial charge in [-0.05, 0) is 29.8 Å². The Balaban J connectivity index is 1.79. The second-order valence-electron chi connectivity index (χ2n) is 8.34. The van der Waals surface area contributed by atoms with E-state index in [1.807, 2.05) is 11.8 Å². The van der Waals surface area contributed by atoms with Gasteiger partial charge in [0, 0.05) is 57.8 Å². The Morgan fingerprint density at radius 3 is 2.06 bits per heavy atom. The van der Waals surface area contributed by atoms with Crippen molar-refractivity contribution in [2.75, 3.05) is 60.6 Å². The van der Waals surface area contributed by atoms with Crippen LogP contribution in [0.5, 0.6) is 17.2 Å². The molecule has 0 saturated carbocycles. The first-order valence-corrected chi connectivity index (χ1v) is 11.7. The quantitative estimate of drug-likeness (QED) is 0.513. The predicted octanol–water partition coefficient (Wildman–Crippen LogP) is 3.05. The highest BCUT2D eigenvalue weighted by atomic mass is 19.1. The molecule has 2 aromatic rings. The molecule has 2 amide bonds. The normalized spacial score (nSPS) is 13.9. The number of carbonyl (C=O) groups is 2. The van der Waals surface area contributed by atoms with Crippen LogP contribution in [-0.2, 0) is 11.3 Å². The number of halogens is 1. The first kappa shape index (κ1) is 26.3. The third-order valence-corrected chi connectivity index (χ3v) is 6.20. The summed E-state index contributed by atoms with van der Waals surface area (Å²) >= 11 is 0. The van der Waals surface area contributed by atoms with Crippen LogP contribution in [0.3, 0.4) is 0 Å². The number of methoxy groups -OCH3 is 3. The molecular weight excluding hydrogens is 453 g/mol. The largest absolute Gasteiger partial charge is 0.493 e. The van der Waals surface area contributed by atoms with Gasteiger partial charge in [0.05, 0.1) is 21.3 Å². The molecule has 2 aromatic carbocycles. The fraction of sp³-hybridized carbons (Fsp3) is 0.462. The van der Waals surface area contributed by atoms with E-state index in [2.05, 4.69) is 4.90 Å². The average molecular weight is 488 g/mol. The smallest absolute Gasteiger partial charge is 0.254 e. The van der Waals surface area contributed by atoms with Crippen LogP contribution >= 0.6 is 0 Å². The molecular formula is C26H34FN3O5. The summed E-state index contributed by atoms with van der Waals surface area (Å²) in [6, 6.07) is 9.41. The lowest BCUT2D eigenvalue weighted by Gasteiger charge is -2.36. The summed E-state index contributed by atoms with van der Waals surface area (Å²) in [5.74, 6) is 0.850. The molecule has 8 nitrogen and oxygen atoms in total. The molecule has 1 aliphatic heterocycles. The zero-order valence-corrected chi connectivity index (χ0v) is 20.9. The molecule has 0 aromatic heterocycles. The van der Waals surface area contributed by atoms with E-state index in [0.717, 1.165) is 18.7 Å². The molecule has 0 unspecified atom stereocenters. The Kier molecular flexibility index (Phi) is 9.31. The minimum absolute atomic E-state index is 0.167. The second kappa shape index (κ2) is 12.4. The molecule has 3 rings (SSSR count). The molecule has 0 aliphatic carbocycles. The Morgan fingerprint density at radius 1 is 0.943 bits per heavy atom. The number of hydrogen-bond donors (Lipinski definition) is 0. The molecule has 0 spiro atoms. The van der Waals surface area contributed by atoms with Gasteiger partial charge >= 0.3 is 0 Å². The standard InChI is InChI=1S/C26H34FN3O5/c1-5-24(31)29-13-10-28(11-14-29)12-15-30(18-19-6-8-21(27)9-7-19)26(32)20-16-22(33-2)25(35-4)23(17-20)34-3/h6-9,16-17H,5,10-15,18H2,1-4H3. The SMILES string of the molecule is CCC(=O)N1CCN(CCN(Cc2ccc(F)cc2)C(=O)c2cc(OC)c(OC)c(OC)c2)CC1. The van der Waals surface area contributed by atoms with Gasteiger partial charge in [0.25, 0.3) is 5.91 Å². The molecule has 0 atom stereocenters. The van der Waals surface area contributed by atoms with Gasteiger partial charge in [-0.1, -0.05) is 19.1 Å². The van der Waals surface area contributed by atoms with Gasteiger partial charge in [0.2, 0.25) is 11.7 Å². The van der Waals surface area contributed by atoms with Crippen molar-refractivity contribution in [2.45, 2.75) is 19.9 Å². The minimum Gasteiger partial charge on any atom is -0.493 e. The fourth-order valence-corrected chi connectivity index (χ4v) is 4.16. The number of amides is 2. The van der Waals surface area contributed by atoms with Gasteiger partial charge in [0.15, 0.2) is 11.5 Å². The lowest BCUT2D eigenvalue weighted by Crippen LogP contribution is -2.50. The molecule has 0 bridgehead atoms. The van der Waals surface area contributed by atoms with E-state index >= 15 is 0 Å². The Morgan fingerprint density at radius 2 is 1.54 bits per heavy atom. The third-order valence-electron chi connectivity index (χ3n) is 6.20. The molecule has 0 N–H and O–H groups in total. The van der Waals surface area contributed by atoms with E-state index in [4.69, 9.17) is 14.2 Å². The maximum atomic E-state index is 13.6. The lowest BCUT2D eigenvalue weighted by molar-refractivity contribution is -0.132. The van der Waals surface area contributed by atoms with E-state index < -0.39 is 0 Å². The Hall–Kier alpha value is -3.33. The summed E-state index contributed by atoms with van der Waals surface area (Å²) in [7, 11) is 4.52. The molecule has 1 saturated heterocycles. The summed E-state index contributed by atoms with van der Waals surface area (Å²) in [6.45, 7) is 6.21. The van der Waals surface area contributed by atoms with Gasteiger partial charge in [-0.15, -0.1) is 0 Å². The monoisotopic (exact) mass is 487 g/mol. The van der Waals surface area contributed by atoms with Crippen LogP contribution in [0, 0.1) is 5.82 Å². The number of carbonyl (C=O) groups excluding carboxylic acids is 2. The number of piperazine rings is 1. The van der Waals surface area contributed by atoms with E-state index in [1.54, 1.807) is 29.2 Å². The van der Waals surface area contributed by atoms with E-state index in [9.17, 15) is 14.0 Å². The fourth-order valence-electron chi connectivity index (χ4n) is 4.16. The number of hydrogen-bond acceptors (Lipinski definition) is 6. The molecule has 1 fully saturated rings. The summed E-state index contributed by atoms with van der Waals surface area (Å²) < 4.78 is 29.6. The Bertz CT molecular complexity index is 982. The topological polar surface area (TPSA) is 71.6 Å². The number of nitrogens with zero attached hydrogens (tertiary/aromatic N) is 3. The lowest BCUT2D eigenvalue weighted by atomic mass is 10.1. The summed E-state index contributed by atoms with van der Waals surface area (Å²) in [5.41, 5.74) is 1.23. The molecule has 190 valence electrons. The van der Waals surface area contributed by atoms with Gasteiger partial charge in [-0.25, -0.2) is 4.39 Å². The maximum absolute atomic E-state index is 13.6. The van der Waals surface area contributed by atoms with Crippen LogP contribution < -0.4 is 14.2 Å². The van der Waals surface area contributed by atoms with Crippen molar-refractivity contribution < 1.29 is 28.2 Å². The van der Waals surface area contributed by atoms with Crippen LogP contribution in [0.2, 0.25) is 0 Å². The number of ether oxygens (including phenoxy) is 3. The van der Waals surface area contributed by atoms with Crippen molar-refractivity contribution in [2.24, 2.45) is 0 Å². The average Bonchev–Trinajstić information content (AvgIpc) is 2.90. The zero-order valence-electron chi connectivity index (χ0n) is 20.9. The molecule has 1 heterocycles. The first-order valence-electron chi connectivity index (χ1n) is 11.7. The highest BCUT2D eigenvalue weighted by Crippen LogP contribution is 2.38.